The molecule has 0 bridgehead atoms. The maximum absolute atomic E-state index is 9.70. The molecule has 0 amide bonds. The van der Waals surface area contributed by atoms with Crippen LogP contribution in [0.25, 0.3) is 0 Å². The summed E-state index contributed by atoms with van der Waals surface area (Å²) in [6.45, 7) is -0.155. The standard InChI is InChI=1S/C9H17NO4/c11-3-5-1-2-6-8(13)9(14)7(4-12)10(5)6/h5-9,11-14H,1-4H2/t5-,6+,7+,8-,9+/m0/s1. The van der Waals surface area contributed by atoms with Gasteiger partial charge in [-0.15, -0.1) is 0 Å². The molecule has 0 aromatic heterocycles. The van der Waals surface area contributed by atoms with Crippen molar-refractivity contribution in [3.8, 4) is 0 Å². The number of fused-ring (bicyclic) bond motifs is 1. The molecular weight excluding hydrogens is 186 g/mol. The molecule has 2 heterocycles. The van der Waals surface area contributed by atoms with Gasteiger partial charge in [-0.05, 0) is 12.8 Å². The number of aliphatic hydroxyl groups is 4. The molecule has 0 unspecified atom stereocenters. The van der Waals surface area contributed by atoms with E-state index in [2.05, 4.69) is 0 Å². The average Bonchev–Trinajstić information content (AvgIpc) is 2.69. The summed E-state index contributed by atoms with van der Waals surface area (Å²) in [5.41, 5.74) is 0. The van der Waals surface area contributed by atoms with E-state index in [-0.39, 0.29) is 25.3 Å². The molecule has 82 valence electrons. The quantitative estimate of drug-likeness (QED) is 0.413. The maximum Gasteiger partial charge on any atom is 0.0991 e. The van der Waals surface area contributed by atoms with E-state index in [0.717, 1.165) is 12.8 Å². The number of aliphatic hydroxyl groups excluding tert-OH is 4. The van der Waals surface area contributed by atoms with Crippen molar-refractivity contribution in [2.45, 2.75) is 43.2 Å². The van der Waals surface area contributed by atoms with Crippen molar-refractivity contribution in [2.24, 2.45) is 0 Å². The fraction of sp³-hybridized carbons (Fsp3) is 1.00. The normalized spacial score (nSPS) is 48.4. The van der Waals surface area contributed by atoms with E-state index in [0.29, 0.717) is 0 Å². The van der Waals surface area contributed by atoms with Gasteiger partial charge in [-0.3, -0.25) is 4.90 Å². The lowest BCUT2D eigenvalue weighted by atomic mass is 10.0. The molecule has 2 rings (SSSR count). The second-order valence-electron chi connectivity index (χ2n) is 4.16. The first-order valence-electron chi connectivity index (χ1n) is 5.06. The molecular formula is C9H17NO4. The van der Waals surface area contributed by atoms with Crippen molar-refractivity contribution < 1.29 is 20.4 Å². The van der Waals surface area contributed by atoms with Crippen molar-refractivity contribution in [3.63, 3.8) is 0 Å². The first kappa shape index (κ1) is 10.3. The van der Waals surface area contributed by atoms with E-state index in [4.69, 9.17) is 10.2 Å². The molecule has 0 saturated carbocycles. The minimum atomic E-state index is -0.889. The van der Waals surface area contributed by atoms with Crippen molar-refractivity contribution in [2.75, 3.05) is 13.2 Å². The van der Waals surface area contributed by atoms with Crippen molar-refractivity contribution in [1.29, 1.82) is 0 Å². The molecule has 0 aromatic carbocycles. The number of hydrogen-bond donors (Lipinski definition) is 4. The number of nitrogens with zero attached hydrogens (tertiary/aromatic N) is 1. The second kappa shape index (κ2) is 3.75. The highest BCUT2D eigenvalue weighted by atomic mass is 16.3. The number of rotatable bonds is 2. The zero-order valence-corrected chi connectivity index (χ0v) is 7.95. The van der Waals surface area contributed by atoms with Gasteiger partial charge >= 0.3 is 0 Å². The van der Waals surface area contributed by atoms with E-state index in [1.165, 1.54) is 0 Å². The van der Waals surface area contributed by atoms with E-state index in [9.17, 15) is 10.2 Å². The van der Waals surface area contributed by atoms with Gasteiger partial charge in [0.2, 0.25) is 0 Å². The fourth-order valence-corrected chi connectivity index (χ4v) is 2.82. The maximum atomic E-state index is 9.70. The van der Waals surface area contributed by atoms with Crippen LogP contribution in [0, 0.1) is 0 Å². The Morgan fingerprint density at radius 1 is 1.00 bits per heavy atom. The van der Waals surface area contributed by atoms with Crippen LogP contribution in [0.2, 0.25) is 0 Å². The summed E-state index contributed by atoms with van der Waals surface area (Å²) in [7, 11) is 0. The fourth-order valence-electron chi connectivity index (χ4n) is 2.82. The van der Waals surface area contributed by atoms with Gasteiger partial charge in [-0.25, -0.2) is 0 Å². The van der Waals surface area contributed by atoms with Gasteiger partial charge in [0.1, 0.15) is 0 Å². The smallest absolute Gasteiger partial charge is 0.0991 e. The molecule has 14 heavy (non-hydrogen) atoms. The van der Waals surface area contributed by atoms with Crippen molar-refractivity contribution in [1.82, 2.24) is 4.90 Å². The van der Waals surface area contributed by atoms with Gasteiger partial charge in [0.05, 0.1) is 31.5 Å². The zero-order chi connectivity index (χ0) is 10.3. The minimum absolute atomic E-state index is 0.0203. The van der Waals surface area contributed by atoms with Crippen LogP contribution in [-0.2, 0) is 0 Å². The van der Waals surface area contributed by atoms with Gasteiger partial charge in [0.15, 0.2) is 0 Å². The van der Waals surface area contributed by atoms with E-state index < -0.39 is 18.2 Å². The first-order chi connectivity index (χ1) is 6.70. The van der Waals surface area contributed by atoms with Crippen LogP contribution in [0.3, 0.4) is 0 Å². The zero-order valence-electron chi connectivity index (χ0n) is 7.95. The Morgan fingerprint density at radius 2 is 1.71 bits per heavy atom. The predicted octanol–water partition coefficient (Wildman–Crippen LogP) is -2.09. The van der Waals surface area contributed by atoms with Crippen LogP contribution in [0.5, 0.6) is 0 Å². The Hall–Kier alpha value is -0.200. The summed E-state index contributed by atoms with van der Waals surface area (Å²) in [6, 6.07) is -0.544. The average molecular weight is 203 g/mol. The van der Waals surface area contributed by atoms with Crippen LogP contribution >= 0.6 is 0 Å². The number of hydrogen-bond acceptors (Lipinski definition) is 5. The Morgan fingerprint density at radius 3 is 2.29 bits per heavy atom. The Balaban J connectivity index is 2.18. The second-order valence-corrected chi connectivity index (χ2v) is 4.16. The van der Waals surface area contributed by atoms with Crippen LogP contribution in [0.4, 0.5) is 0 Å². The van der Waals surface area contributed by atoms with E-state index in [1.807, 2.05) is 4.90 Å². The SMILES string of the molecule is OC[C@@H]1CC[C@@H]2[C@H](O)[C@H](O)[C@@H](CO)N12. The van der Waals surface area contributed by atoms with Crippen LogP contribution < -0.4 is 0 Å². The molecule has 5 atom stereocenters. The molecule has 2 aliphatic rings. The van der Waals surface area contributed by atoms with Gasteiger partial charge in [0.25, 0.3) is 0 Å². The van der Waals surface area contributed by atoms with Crippen molar-refractivity contribution in [3.05, 3.63) is 0 Å². The van der Waals surface area contributed by atoms with Gasteiger partial charge in [-0.1, -0.05) is 0 Å². The van der Waals surface area contributed by atoms with Crippen LogP contribution in [0.1, 0.15) is 12.8 Å². The Bertz CT molecular complexity index is 211. The van der Waals surface area contributed by atoms with Crippen LogP contribution in [-0.4, -0.2) is 68.9 Å². The molecule has 0 spiro atoms. The molecule has 5 heteroatoms. The van der Waals surface area contributed by atoms with Crippen molar-refractivity contribution >= 4 is 0 Å². The molecule has 2 saturated heterocycles. The highest BCUT2D eigenvalue weighted by Gasteiger charge is 2.52. The third-order valence-corrected chi connectivity index (χ3v) is 3.52. The largest absolute Gasteiger partial charge is 0.395 e. The lowest BCUT2D eigenvalue weighted by Crippen LogP contribution is -2.45. The summed E-state index contributed by atoms with van der Waals surface area (Å²) in [5.74, 6) is 0. The highest BCUT2D eigenvalue weighted by molar-refractivity contribution is 5.06. The van der Waals surface area contributed by atoms with Gasteiger partial charge < -0.3 is 20.4 Å². The summed E-state index contributed by atoms with van der Waals surface area (Å²) in [6.07, 6.45) is -0.0791. The monoisotopic (exact) mass is 203 g/mol. The molecule has 4 N–H and O–H groups in total. The Kier molecular flexibility index (Phi) is 2.77. The molecule has 0 radical (unpaired) electrons. The Labute approximate surface area is 82.6 Å². The van der Waals surface area contributed by atoms with Crippen LogP contribution in [0.15, 0.2) is 0 Å². The summed E-state index contributed by atoms with van der Waals surface area (Å²) >= 11 is 0. The summed E-state index contributed by atoms with van der Waals surface area (Å²) in [4.78, 5) is 1.87. The first-order valence-corrected chi connectivity index (χ1v) is 5.06. The summed E-state index contributed by atoms with van der Waals surface area (Å²) < 4.78 is 0. The lowest BCUT2D eigenvalue weighted by Gasteiger charge is -2.28. The molecule has 5 nitrogen and oxygen atoms in total. The van der Waals surface area contributed by atoms with Gasteiger partial charge in [0, 0.05) is 12.1 Å². The third-order valence-electron chi connectivity index (χ3n) is 3.52. The van der Waals surface area contributed by atoms with E-state index >= 15 is 0 Å². The lowest BCUT2D eigenvalue weighted by molar-refractivity contribution is 0.00990. The molecule has 0 aromatic rings. The molecule has 2 fully saturated rings. The summed E-state index contributed by atoms with van der Waals surface area (Å²) in [5, 5.41) is 37.6. The van der Waals surface area contributed by atoms with E-state index in [1.54, 1.807) is 0 Å². The third kappa shape index (κ3) is 1.28. The minimum Gasteiger partial charge on any atom is -0.395 e. The molecule has 2 aliphatic heterocycles. The van der Waals surface area contributed by atoms with Gasteiger partial charge in [-0.2, -0.15) is 0 Å². The highest BCUT2D eigenvalue weighted by Crippen LogP contribution is 2.36. The topological polar surface area (TPSA) is 84.2 Å². The predicted molar refractivity (Wildman–Crippen MR) is 48.6 cm³/mol. The molecule has 0 aliphatic carbocycles.